The van der Waals surface area contributed by atoms with Crippen LogP contribution in [0.1, 0.15) is 29.6 Å². The van der Waals surface area contributed by atoms with Crippen LogP contribution in [0.5, 0.6) is 0 Å². The van der Waals surface area contributed by atoms with Gasteiger partial charge in [0.05, 0.1) is 6.26 Å². The van der Waals surface area contributed by atoms with Crippen molar-refractivity contribution in [3.05, 3.63) is 35.9 Å². The Morgan fingerprint density at radius 2 is 1.68 bits per heavy atom. The summed E-state index contributed by atoms with van der Waals surface area (Å²) in [5.41, 5.74) is 0.251. The maximum atomic E-state index is 12.5. The second kappa shape index (κ2) is 7.02. The lowest BCUT2D eigenvalue weighted by atomic mass is 10.0. The van der Waals surface area contributed by atoms with Crippen LogP contribution in [0.15, 0.2) is 30.3 Å². The molecule has 7 heteroatoms. The van der Waals surface area contributed by atoms with Crippen LogP contribution in [0.3, 0.4) is 0 Å². The molecule has 2 rings (SSSR count). The van der Waals surface area contributed by atoms with Gasteiger partial charge in [-0.1, -0.05) is 30.3 Å². The molecule has 22 heavy (non-hydrogen) atoms. The summed E-state index contributed by atoms with van der Waals surface area (Å²) in [6.45, 7) is 1.04. The molecule has 1 fully saturated rings. The van der Waals surface area contributed by atoms with E-state index in [1.54, 1.807) is 18.2 Å². The highest BCUT2D eigenvalue weighted by Gasteiger charge is 2.35. The molecule has 1 amide bonds. The van der Waals surface area contributed by atoms with Crippen molar-refractivity contribution >= 4 is 21.8 Å². The van der Waals surface area contributed by atoms with Gasteiger partial charge in [-0.05, 0) is 19.3 Å². The van der Waals surface area contributed by atoms with E-state index in [0.29, 0.717) is 13.1 Å². The zero-order valence-electron chi connectivity index (χ0n) is 12.4. The van der Waals surface area contributed by atoms with Crippen molar-refractivity contribution in [1.29, 1.82) is 0 Å². The lowest BCUT2D eigenvalue weighted by Crippen LogP contribution is -2.47. The number of hydrogen-bond donors (Lipinski definition) is 0. The highest BCUT2D eigenvalue weighted by molar-refractivity contribution is 7.86. The molecule has 0 radical (unpaired) electrons. The summed E-state index contributed by atoms with van der Waals surface area (Å²) in [6.07, 6.45) is 1.90. The molecule has 1 aliphatic heterocycles. The van der Waals surface area contributed by atoms with E-state index in [1.165, 1.54) is 17.0 Å². The van der Waals surface area contributed by atoms with Gasteiger partial charge < -0.3 is 4.90 Å². The first-order valence-electron chi connectivity index (χ1n) is 7.15. The van der Waals surface area contributed by atoms with Gasteiger partial charge in [0.15, 0.2) is 0 Å². The average Bonchev–Trinajstić information content (AvgIpc) is 2.52. The van der Waals surface area contributed by atoms with Crippen molar-refractivity contribution in [2.24, 2.45) is 0 Å². The minimum absolute atomic E-state index is 0.251. The van der Waals surface area contributed by atoms with E-state index >= 15 is 0 Å². The van der Waals surface area contributed by atoms with E-state index in [0.717, 1.165) is 25.5 Å². The molecule has 0 aliphatic carbocycles. The molecule has 0 aromatic heterocycles. The maximum Gasteiger partial charge on any atom is 0.265 e. The molecule has 0 saturated carbocycles. The van der Waals surface area contributed by atoms with Crippen molar-refractivity contribution < 1.29 is 22.2 Å². The first kappa shape index (κ1) is 16.6. The number of ketones is 1. The van der Waals surface area contributed by atoms with E-state index in [-0.39, 0.29) is 5.56 Å². The van der Waals surface area contributed by atoms with E-state index in [9.17, 15) is 18.0 Å². The van der Waals surface area contributed by atoms with Crippen LogP contribution < -0.4 is 0 Å². The number of Topliss-reactive ketones (excluding diaryl/α,β-unsaturated/α-hetero) is 1. The number of carbonyl (C=O) groups excluding carboxylic acids is 2. The summed E-state index contributed by atoms with van der Waals surface area (Å²) in [4.78, 5) is 26.5. The molecule has 120 valence electrons. The fourth-order valence-corrected chi connectivity index (χ4v) is 2.93. The van der Waals surface area contributed by atoms with Crippen molar-refractivity contribution in [2.75, 3.05) is 19.3 Å². The van der Waals surface area contributed by atoms with Crippen LogP contribution >= 0.6 is 0 Å². The quantitative estimate of drug-likeness (QED) is 0.462. The predicted octanol–water partition coefficient (Wildman–Crippen LogP) is 1.23. The summed E-state index contributed by atoms with van der Waals surface area (Å²) in [7, 11) is -3.93. The molecule has 1 heterocycles. The normalized spacial score (nSPS) is 17.0. The molecule has 1 atom stereocenters. The minimum Gasteiger partial charge on any atom is -0.340 e. The SMILES string of the molecule is CS(=O)(=O)OC(C(=O)c1ccccc1)C(=O)N1CCCCC1. The largest absolute Gasteiger partial charge is 0.340 e. The Labute approximate surface area is 130 Å². The van der Waals surface area contributed by atoms with E-state index in [4.69, 9.17) is 4.18 Å². The fourth-order valence-electron chi connectivity index (χ4n) is 2.41. The van der Waals surface area contributed by atoms with Gasteiger partial charge in [0.1, 0.15) is 0 Å². The number of hydrogen-bond acceptors (Lipinski definition) is 5. The van der Waals surface area contributed by atoms with E-state index in [2.05, 4.69) is 0 Å². The number of piperidine rings is 1. The summed E-state index contributed by atoms with van der Waals surface area (Å²) in [5.74, 6) is -1.22. The lowest BCUT2D eigenvalue weighted by Gasteiger charge is -2.29. The van der Waals surface area contributed by atoms with Crippen molar-refractivity contribution in [3.8, 4) is 0 Å². The monoisotopic (exact) mass is 325 g/mol. The van der Waals surface area contributed by atoms with E-state index < -0.39 is 27.9 Å². The number of benzene rings is 1. The van der Waals surface area contributed by atoms with Crippen LogP contribution in [0, 0.1) is 0 Å². The molecular weight excluding hydrogens is 306 g/mol. The zero-order chi connectivity index (χ0) is 16.2. The van der Waals surface area contributed by atoms with Crippen LogP contribution in [0.2, 0.25) is 0 Å². The Morgan fingerprint density at radius 1 is 1.09 bits per heavy atom. The molecule has 0 spiro atoms. The van der Waals surface area contributed by atoms with Gasteiger partial charge in [0.25, 0.3) is 16.0 Å². The lowest BCUT2D eigenvalue weighted by molar-refractivity contribution is -0.137. The molecule has 1 saturated heterocycles. The standard InChI is InChI=1S/C15H19NO5S/c1-22(19,20)21-14(13(17)12-8-4-2-5-9-12)15(18)16-10-6-3-7-11-16/h2,4-5,8-9,14H,3,6-7,10-11H2,1H3. The number of amides is 1. The molecule has 1 aromatic carbocycles. The van der Waals surface area contributed by atoms with Crippen molar-refractivity contribution in [3.63, 3.8) is 0 Å². The summed E-state index contributed by atoms with van der Waals surface area (Å²) >= 11 is 0. The molecule has 0 bridgehead atoms. The topological polar surface area (TPSA) is 80.8 Å². The molecule has 1 aliphatic rings. The summed E-state index contributed by atoms with van der Waals surface area (Å²) in [5, 5.41) is 0. The van der Waals surface area contributed by atoms with Crippen molar-refractivity contribution in [1.82, 2.24) is 4.90 Å². The number of carbonyl (C=O) groups is 2. The third kappa shape index (κ3) is 4.38. The van der Waals surface area contributed by atoms with Gasteiger partial charge in [-0.25, -0.2) is 4.18 Å². The smallest absolute Gasteiger partial charge is 0.265 e. The van der Waals surface area contributed by atoms with Gasteiger partial charge in [-0.15, -0.1) is 0 Å². The second-order valence-corrected chi connectivity index (χ2v) is 6.90. The highest BCUT2D eigenvalue weighted by Crippen LogP contribution is 2.15. The Hall–Kier alpha value is -1.73. The molecular formula is C15H19NO5S. The maximum absolute atomic E-state index is 12.5. The van der Waals surface area contributed by atoms with Crippen LogP contribution in [0.25, 0.3) is 0 Å². The van der Waals surface area contributed by atoms with Crippen LogP contribution in [0.4, 0.5) is 0 Å². The first-order chi connectivity index (χ1) is 10.4. The number of rotatable bonds is 5. The van der Waals surface area contributed by atoms with Gasteiger partial charge in [0.2, 0.25) is 11.9 Å². The second-order valence-electron chi connectivity index (χ2n) is 5.30. The molecule has 1 aromatic rings. The average molecular weight is 325 g/mol. The zero-order valence-corrected chi connectivity index (χ0v) is 13.2. The van der Waals surface area contributed by atoms with E-state index in [1.807, 2.05) is 0 Å². The Bertz CT molecular complexity index is 635. The first-order valence-corrected chi connectivity index (χ1v) is 8.96. The number of likely N-dealkylation sites (tertiary alicyclic amines) is 1. The molecule has 0 N–H and O–H groups in total. The minimum atomic E-state index is -3.93. The van der Waals surface area contributed by atoms with Gasteiger partial charge in [0, 0.05) is 18.7 Å². The molecule has 6 nitrogen and oxygen atoms in total. The predicted molar refractivity (Wildman–Crippen MR) is 80.9 cm³/mol. The van der Waals surface area contributed by atoms with Crippen LogP contribution in [-0.4, -0.2) is 50.5 Å². The van der Waals surface area contributed by atoms with Gasteiger partial charge in [-0.3, -0.25) is 9.59 Å². The number of nitrogens with zero attached hydrogens (tertiary/aromatic N) is 1. The van der Waals surface area contributed by atoms with Crippen molar-refractivity contribution in [2.45, 2.75) is 25.4 Å². The van der Waals surface area contributed by atoms with Crippen LogP contribution in [-0.2, 0) is 19.1 Å². The Balaban J connectivity index is 2.26. The Morgan fingerprint density at radius 3 is 2.23 bits per heavy atom. The summed E-state index contributed by atoms with van der Waals surface area (Å²) in [6, 6.07) is 8.09. The van der Waals surface area contributed by atoms with Gasteiger partial charge >= 0.3 is 0 Å². The third-order valence-electron chi connectivity index (χ3n) is 3.46. The summed E-state index contributed by atoms with van der Waals surface area (Å²) < 4.78 is 27.6. The van der Waals surface area contributed by atoms with Gasteiger partial charge in [-0.2, -0.15) is 8.42 Å². The fraction of sp³-hybridized carbons (Fsp3) is 0.467. The molecule has 1 unspecified atom stereocenters. The Kier molecular flexibility index (Phi) is 5.31. The third-order valence-corrected chi connectivity index (χ3v) is 4.00. The highest BCUT2D eigenvalue weighted by atomic mass is 32.2.